The summed E-state index contributed by atoms with van der Waals surface area (Å²) in [5, 5.41) is 13.9. The summed E-state index contributed by atoms with van der Waals surface area (Å²) in [4.78, 5) is 9.78. The minimum atomic E-state index is -4.76. The average Bonchev–Trinajstić information content (AvgIpc) is 2.55. The number of hydrogen-bond acceptors (Lipinski definition) is 4. The highest BCUT2D eigenvalue weighted by Gasteiger charge is 2.38. The highest BCUT2D eigenvalue weighted by atomic mass is 19.4. The maximum atomic E-state index is 13.0. The zero-order chi connectivity index (χ0) is 18.4. The van der Waals surface area contributed by atoms with Crippen LogP contribution in [0.25, 0.3) is 0 Å². The number of nitro benzene ring substituents is 1. The van der Waals surface area contributed by atoms with Gasteiger partial charge in [-0.3, -0.25) is 10.1 Å². The zero-order valence-corrected chi connectivity index (χ0v) is 14.1. The molecule has 0 saturated heterocycles. The van der Waals surface area contributed by atoms with Crippen molar-refractivity contribution in [1.29, 1.82) is 0 Å². The molecule has 0 aliphatic heterocycles. The third kappa shape index (κ3) is 5.59. The largest absolute Gasteiger partial charge is 0.423 e. The van der Waals surface area contributed by atoms with Gasteiger partial charge in [0, 0.05) is 24.4 Å². The summed E-state index contributed by atoms with van der Waals surface area (Å²) in [5.41, 5.74) is -1.89. The van der Waals surface area contributed by atoms with Crippen molar-refractivity contribution in [2.75, 3.05) is 11.9 Å². The second-order valence-corrected chi connectivity index (χ2v) is 6.33. The quantitative estimate of drug-likeness (QED) is 0.415. The number of nitro groups is 1. The molecule has 2 rings (SSSR count). The molecule has 1 aromatic carbocycles. The lowest BCUT2D eigenvalue weighted by molar-refractivity contribution is -0.388. The van der Waals surface area contributed by atoms with Crippen molar-refractivity contribution >= 4 is 11.4 Å². The summed E-state index contributed by atoms with van der Waals surface area (Å²) >= 11 is 0. The summed E-state index contributed by atoms with van der Waals surface area (Å²) in [7, 11) is 0. The molecule has 1 aromatic rings. The highest BCUT2D eigenvalue weighted by molar-refractivity contribution is 5.55. The Hall–Kier alpha value is -1.83. The lowest BCUT2D eigenvalue weighted by atomic mass is 9.92. The zero-order valence-electron chi connectivity index (χ0n) is 14.1. The van der Waals surface area contributed by atoms with Gasteiger partial charge < -0.3 is 10.1 Å². The van der Waals surface area contributed by atoms with E-state index in [1.807, 2.05) is 0 Å². The molecule has 1 saturated carbocycles. The third-order valence-corrected chi connectivity index (χ3v) is 4.40. The van der Waals surface area contributed by atoms with Crippen LogP contribution in [0.1, 0.15) is 51.0 Å². The number of hydrogen-bond donors (Lipinski definition) is 1. The number of unbranched alkanes of at least 4 members (excludes halogenated alkanes) is 1. The fraction of sp³-hybridized carbons (Fsp3) is 0.647. The van der Waals surface area contributed by atoms with Crippen LogP contribution in [0, 0.1) is 10.1 Å². The molecular formula is C17H23F3N2O3. The van der Waals surface area contributed by atoms with E-state index in [9.17, 15) is 23.3 Å². The van der Waals surface area contributed by atoms with E-state index in [2.05, 4.69) is 12.2 Å². The Morgan fingerprint density at radius 1 is 1.28 bits per heavy atom. The number of nitrogens with zero attached hydrogens (tertiary/aromatic N) is 1. The van der Waals surface area contributed by atoms with Crippen LogP contribution in [0.15, 0.2) is 18.2 Å². The van der Waals surface area contributed by atoms with Gasteiger partial charge >= 0.3 is 6.18 Å². The van der Waals surface area contributed by atoms with Gasteiger partial charge in [-0.1, -0.05) is 13.3 Å². The lowest BCUT2D eigenvalue weighted by Gasteiger charge is -2.30. The molecule has 0 amide bonds. The van der Waals surface area contributed by atoms with Crippen molar-refractivity contribution in [2.45, 2.75) is 63.8 Å². The minimum absolute atomic E-state index is 0.0496. The van der Waals surface area contributed by atoms with Crippen LogP contribution in [-0.2, 0) is 10.9 Å². The minimum Gasteiger partial charge on any atom is -0.382 e. The van der Waals surface area contributed by atoms with Crippen molar-refractivity contribution in [1.82, 2.24) is 0 Å². The van der Waals surface area contributed by atoms with Gasteiger partial charge in [0.15, 0.2) is 0 Å². The maximum absolute atomic E-state index is 13.0. The molecular weight excluding hydrogens is 337 g/mol. The topological polar surface area (TPSA) is 64.4 Å². The van der Waals surface area contributed by atoms with Gasteiger partial charge in [-0.05, 0) is 44.2 Å². The van der Waals surface area contributed by atoms with Gasteiger partial charge in [0.25, 0.3) is 5.69 Å². The first-order chi connectivity index (χ1) is 11.8. The van der Waals surface area contributed by atoms with Crippen LogP contribution < -0.4 is 5.32 Å². The van der Waals surface area contributed by atoms with E-state index in [1.54, 1.807) is 0 Å². The van der Waals surface area contributed by atoms with Gasteiger partial charge in [-0.15, -0.1) is 0 Å². The number of halogens is 3. The smallest absolute Gasteiger partial charge is 0.382 e. The first kappa shape index (κ1) is 19.5. The SMILES string of the molecule is CCCCOC1CCC(Nc2ccc([N+](=O)[O-])c(C(F)(F)F)c2)CC1. The molecule has 0 atom stereocenters. The number of nitrogens with one attached hydrogen (secondary N) is 1. The molecule has 1 aliphatic carbocycles. The van der Waals surface area contributed by atoms with Gasteiger partial charge in [0.1, 0.15) is 5.56 Å². The summed E-state index contributed by atoms with van der Waals surface area (Å²) < 4.78 is 44.8. The summed E-state index contributed by atoms with van der Waals surface area (Å²) in [6.45, 7) is 2.85. The van der Waals surface area contributed by atoms with Crippen LogP contribution in [0.2, 0.25) is 0 Å². The van der Waals surface area contributed by atoms with E-state index in [4.69, 9.17) is 4.74 Å². The van der Waals surface area contributed by atoms with Crippen molar-refractivity contribution < 1.29 is 22.8 Å². The van der Waals surface area contributed by atoms with E-state index < -0.39 is 22.4 Å². The van der Waals surface area contributed by atoms with Crippen molar-refractivity contribution in [3.8, 4) is 0 Å². The van der Waals surface area contributed by atoms with E-state index in [0.717, 1.165) is 57.3 Å². The molecule has 8 heteroatoms. The summed E-state index contributed by atoms with van der Waals surface area (Å²) in [5.74, 6) is 0. The van der Waals surface area contributed by atoms with Crippen molar-refractivity contribution in [3.63, 3.8) is 0 Å². The molecule has 0 spiro atoms. The Bertz CT molecular complexity index is 585. The van der Waals surface area contributed by atoms with Gasteiger partial charge in [0.05, 0.1) is 11.0 Å². The van der Waals surface area contributed by atoms with E-state index in [0.29, 0.717) is 0 Å². The number of ether oxygens (including phenoxy) is 1. The Labute approximate surface area is 144 Å². The second-order valence-electron chi connectivity index (χ2n) is 6.33. The number of anilines is 1. The molecule has 0 unspecified atom stereocenters. The Balaban J connectivity index is 1.96. The molecule has 25 heavy (non-hydrogen) atoms. The predicted molar refractivity (Wildman–Crippen MR) is 88.6 cm³/mol. The van der Waals surface area contributed by atoms with E-state index in [1.165, 1.54) is 6.07 Å². The molecule has 1 N–H and O–H groups in total. The summed E-state index contributed by atoms with van der Waals surface area (Å²) in [6.07, 6.45) is 0.891. The molecule has 1 aliphatic rings. The van der Waals surface area contributed by atoms with Gasteiger partial charge in [-0.2, -0.15) is 13.2 Å². The molecule has 140 valence electrons. The predicted octanol–water partition coefficient (Wildman–Crippen LogP) is 5.15. The van der Waals surface area contributed by atoms with E-state index >= 15 is 0 Å². The molecule has 1 fully saturated rings. The molecule has 5 nitrogen and oxygen atoms in total. The Kier molecular flexibility index (Phi) is 6.64. The maximum Gasteiger partial charge on any atom is 0.423 e. The fourth-order valence-electron chi connectivity index (χ4n) is 3.02. The van der Waals surface area contributed by atoms with Crippen LogP contribution in [0.3, 0.4) is 0 Å². The van der Waals surface area contributed by atoms with Crippen LogP contribution in [-0.4, -0.2) is 23.7 Å². The number of alkyl halides is 3. The number of benzene rings is 1. The monoisotopic (exact) mass is 360 g/mol. The summed E-state index contributed by atoms with van der Waals surface area (Å²) in [6, 6.07) is 3.11. The Morgan fingerprint density at radius 2 is 1.96 bits per heavy atom. The molecule has 0 bridgehead atoms. The second kappa shape index (κ2) is 8.51. The average molecular weight is 360 g/mol. The third-order valence-electron chi connectivity index (χ3n) is 4.40. The first-order valence-electron chi connectivity index (χ1n) is 8.55. The highest BCUT2D eigenvalue weighted by Crippen LogP contribution is 2.38. The van der Waals surface area contributed by atoms with Crippen LogP contribution in [0.4, 0.5) is 24.5 Å². The Morgan fingerprint density at radius 3 is 2.52 bits per heavy atom. The first-order valence-corrected chi connectivity index (χ1v) is 8.55. The van der Waals surface area contributed by atoms with E-state index in [-0.39, 0.29) is 17.8 Å². The molecule has 0 aromatic heterocycles. The molecule has 0 radical (unpaired) electrons. The lowest BCUT2D eigenvalue weighted by Crippen LogP contribution is -2.30. The van der Waals surface area contributed by atoms with Gasteiger partial charge in [-0.25, -0.2) is 0 Å². The molecule has 0 heterocycles. The fourth-order valence-corrected chi connectivity index (χ4v) is 3.02. The van der Waals surface area contributed by atoms with Crippen molar-refractivity contribution in [3.05, 3.63) is 33.9 Å². The standard InChI is InChI=1S/C17H23F3N2O3/c1-2-3-10-25-14-7-4-12(5-8-14)21-13-6-9-16(22(23)24)15(11-13)17(18,19)20/h6,9,11-12,14,21H,2-5,7-8,10H2,1H3. The van der Waals surface area contributed by atoms with Crippen molar-refractivity contribution in [2.24, 2.45) is 0 Å². The normalized spacial score (nSPS) is 21.1. The van der Waals surface area contributed by atoms with Crippen LogP contribution >= 0.6 is 0 Å². The number of rotatable bonds is 7. The van der Waals surface area contributed by atoms with Crippen LogP contribution in [0.5, 0.6) is 0 Å². The van der Waals surface area contributed by atoms with Gasteiger partial charge in [0.2, 0.25) is 0 Å².